The van der Waals surface area contributed by atoms with Gasteiger partial charge in [-0.15, -0.1) is 30.6 Å². The number of rotatable bonds is 26. The Morgan fingerprint density at radius 3 is 1.07 bits per heavy atom. The Hall–Kier alpha value is -10.1. The first-order valence-electron chi connectivity index (χ1n) is 45.9. The number of phenols is 2. The van der Waals surface area contributed by atoms with E-state index >= 15 is 0 Å². The van der Waals surface area contributed by atoms with E-state index in [2.05, 4.69) is 186 Å². The quantitative estimate of drug-likeness (QED) is 0.0258. The second-order valence-corrected chi connectivity index (χ2v) is 41.4. The topological polar surface area (TPSA) is 308 Å². The van der Waals surface area contributed by atoms with Crippen molar-refractivity contribution in [2.75, 3.05) is 77.5 Å². The van der Waals surface area contributed by atoms with Gasteiger partial charge in [-0.3, -0.25) is 23.4 Å². The molecule has 4 fully saturated rings. The normalized spacial score (nSPS) is 16.4. The van der Waals surface area contributed by atoms with Crippen molar-refractivity contribution in [3.8, 4) is 103 Å². The molecule has 12 aromatic rings. The molecule has 133 heavy (non-hydrogen) atoms. The minimum Gasteiger partial charge on any atom is -0.508 e. The summed E-state index contributed by atoms with van der Waals surface area (Å²) < 4.78 is 106. The third-order valence-corrected chi connectivity index (χ3v) is 29.7. The van der Waals surface area contributed by atoms with E-state index in [-0.39, 0.29) is 62.8 Å². The molecule has 0 radical (unpaired) electrons. The van der Waals surface area contributed by atoms with Gasteiger partial charge in [0.05, 0.1) is 87.0 Å². The van der Waals surface area contributed by atoms with Gasteiger partial charge in [-0.25, -0.2) is 16.8 Å². The van der Waals surface area contributed by atoms with E-state index in [1.54, 1.807) is 87.2 Å². The lowest BCUT2D eigenvalue weighted by molar-refractivity contribution is 0.0302. The Labute approximate surface area is 801 Å². The molecule has 4 aromatic heterocycles. The first-order chi connectivity index (χ1) is 63.7. The highest BCUT2D eigenvalue weighted by Gasteiger charge is 2.35. The second kappa shape index (κ2) is 46.9. The maximum Gasteiger partial charge on any atom is 0.254 e. The maximum atomic E-state index is 13.5. The van der Waals surface area contributed by atoms with E-state index in [9.17, 15) is 27.0 Å². The number of thioether (sulfide) groups is 1. The summed E-state index contributed by atoms with van der Waals surface area (Å²) in [4.78, 5) is 0. The minimum atomic E-state index is -3.89. The summed E-state index contributed by atoms with van der Waals surface area (Å²) in [7, 11) is -1.15. The van der Waals surface area contributed by atoms with Crippen LogP contribution in [0.5, 0.6) is 34.5 Å². The number of nitrogens with zero attached hydrogens (tertiary/aromatic N) is 11. The van der Waals surface area contributed by atoms with Crippen LogP contribution in [0.3, 0.4) is 0 Å². The molecule has 31 heteroatoms. The molecule has 3 N–H and O–H groups in total. The molecule has 8 aromatic carbocycles. The van der Waals surface area contributed by atoms with Gasteiger partial charge in [0, 0.05) is 66.0 Å². The fourth-order valence-corrected chi connectivity index (χ4v) is 22.0. The number of alkyl halides is 1. The zero-order valence-electron chi connectivity index (χ0n) is 79.8. The van der Waals surface area contributed by atoms with Crippen molar-refractivity contribution in [3.63, 3.8) is 0 Å². The summed E-state index contributed by atoms with van der Waals surface area (Å²) in [5.74, 6) is 6.78. The molecule has 16 rings (SSSR count). The number of nitrogens with one attached hydrogen (secondary N) is 1. The third-order valence-electron chi connectivity index (χ3n) is 24.4. The number of benzene rings is 8. The van der Waals surface area contributed by atoms with Crippen molar-refractivity contribution in [2.45, 2.75) is 238 Å². The predicted octanol–water partition coefficient (Wildman–Crippen LogP) is 22.5. The summed E-state index contributed by atoms with van der Waals surface area (Å²) in [6, 6.07) is 46.1. The maximum absolute atomic E-state index is 13.5. The monoisotopic (exact) mass is 1950 g/mol. The molecule has 4 aliphatic rings. The van der Waals surface area contributed by atoms with Crippen molar-refractivity contribution in [1.29, 1.82) is 0 Å². The number of aryl methyl sites for hydroxylation is 6. The summed E-state index contributed by atoms with van der Waals surface area (Å²) in [6.07, 6.45) is 12.6. The highest BCUT2D eigenvalue weighted by molar-refractivity contribution is 9.09. The van der Waals surface area contributed by atoms with Gasteiger partial charge >= 0.3 is 0 Å². The van der Waals surface area contributed by atoms with E-state index in [0.717, 1.165) is 131 Å². The largest absolute Gasteiger partial charge is 0.508 e. The van der Waals surface area contributed by atoms with Crippen LogP contribution in [-0.4, -0.2) is 188 Å². The minimum absolute atomic E-state index is 0.0386. The van der Waals surface area contributed by atoms with E-state index in [1.165, 1.54) is 80.8 Å². The fourth-order valence-electron chi connectivity index (χ4n) is 17.2. The van der Waals surface area contributed by atoms with Crippen molar-refractivity contribution in [3.05, 3.63) is 206 Å². The second-order valence-electron chi connectivity index (χ2n) is 35.5. The lowest BCUT2D eigenvalue weighted by atomic mass is 9.93. The van der Waals surface area contributed by atoms with Crippen molar-refractivity contribution >= 4 is 59.6 Å². The van der Waals surface area contributed by atoms with Crippen LogP contribution in [0.1, 0.15) is 212 Å². The Balaban J connectivity index is 0.000000156. The smallest absolute Gasteiger partial charge is 0.254 e. The van der Waals surface area contributed by atoms with Gasteiger partial charge in [-0.2, -0.15) is 5.10 Å². The molecular weight excluding hydrogens is 1830 g/mol. The van der Waals surface area contributed by atoms with Crippen LogP contribution < -0.4 is 18.9 Å². The summed E-state index contributed by atoms with van der Waals surface area (Å²) in [5.41, 5.74) is 18.2. The van der Waals surface area contributed by atoms with Crippen molar-refractivity contribution < 1.29 is 64.9 Å². The van der Waals surface area contributed by atoms with Gasteiger partial charge in [0.25, 0.3) is 10.3 Å². The van der Waals surface area contributed by atoms with Gasteiger partial charge in [-0.1, -0.05) is 101 Å². The number of aromatic amines is 1. The Kier molecular flexibility index (Phi) is 35.9. The molecule has 4 saturated heterocycles. The molecule has 712 valence electrons. The van der Waals surface area contributed by atoms with Crippen LogP contribution in [0.2, 0.25) is 0 Å². The molecule has 4 aliphatic heterocycles. The number of hydrogen-bond acceptors (Lipinski definition) is 23. The molecule has 4 unspecified atom stereocenters. The Bertz CT molecular complexity index is 5970. The number of ether oxygens (including phenoxy) is 8. The number of halogens is 1. The van der Waals surface area contributed by atoms with Crippen LogP contribution in [0.4, 0.5) is 0 Å². The zero-order valence-corrected chi connectivity index (χ0v) is 84.7. The molecule has 0 bridgehead atoms. The van der Waals surface area contributed by atoms with Gasteiger partial charge < -0.3 is 48.1 Å². The summed E-state index contributed by atoms with van der Waals surface area (Å²) >= 11 is 10.6. The first kappa shape index (κ1) is 102. The molecule has 0 amide bonds. The molecule has 26 nitrogen and oxygen atoms in total. The van der Waals surface area contributed by atoms with Crippen LogP contribution in [0.15, 0.2) is 161 Å². The van der Waals surface area contributed by atoms with E-state index in [0.29, 0.717) is 82.5 Å². The number of methoxy groups -OCH3 is 4. The zero-order chi connectivity index (χ0) is 95.5. The van der Waals surface area contributed by atoms with E-state index < -0.39 is 25.8 Å². The standard InChI is InChI=1S/C26H33N3O4S.C26H33N3O2S.C24H29N3O6S.C20H23N3OS.C6H11BrO/c1-17(2)23-15-24(19(4)14-18(23)3)25-27-28-26(29(25)20-9-11-21(32-5)12-10-20)34(30,31)16-22-8-6-7-13-33-22;1-17(2)23-15-24(19(4)14-18(23)3)25-27-28-26(32-16-22-8-6-7-13-31-22)29(25)20-9-11-21(30-5)12-10-20;1-15(2)19-12-20(22(29)13-21(19)28)23-25-26-24(27(23)16-7-9-17(32-3)10-8-16)34(30,31)14-18-6-4-5-11-33-18;1-12(2)17-11-18(14(4)10-13(17)3)19-21-22-20(25)23(19)15-6-8-16(24-5)9-7-15;7-5-6-3-1-2-4-8-6/h9-12,14-15,17,22H,6-8,13,16H2,1-5H3;9-12,14-15,17,22H,6-8,13,16H2,1-5H3;7-10,12-13,15,18,28-29H,4-6,11,14H2,1-3H3;6-12H,1-5H3,(H,22,25);6H,1-5H2. The highest BCUT2D eigenvalue weighted by Crippen LogP contribution is 2.42. The Morgan fingerprint density at radius 1 is 0.398 bits per heavy atom. The third kappa shape index (κ3) is 25.4. The molecule has 0 spiro atoms. The average Bonchev–Trinajstić information content (AvgIpc) is 1.63. The van der Waals surface area contributed by atoms with E-state index in [4.69, 9.17) is 50.1 Å². The number of sulfone groups is 2. The van der Waals surface area contributed by atoms with Crippen LogP contribution >= 0.6 is 39.9 Å². The van der Waals surface area contributed by atoms with Crippen LogP contribution in [-0.2, 0) is 38.6 Å². The molecule has 0 aliphatic carbocycles. The highest BCUT2D eigenvalue weighted by atomic mass is 79.9. The fraction of sp³-hybridized carbons (Fsp3) is 0.451. The van der Waals surface area contributed by atoms with Gasteiger partial charge in [-0.05, 0) is 331 Å². The first-order valence-corrected chi connectivity index (χ1v) is 51.7. The molecule has 0 saturated carbocycles. The summed E-state index contributed by atoms with van der Waals surface area (Å²) in [6.45, 7) is 32.7. The predicted molar refractivity (Wildman–Crippen MR) is 532 cm³/mol. The van der Waals surface area contributed by atoms with Gasteiger partial charge in [0.1, 0.15) is 34.5 Å². The number of phenolic OH excluding ortho intramolecular Hbond substituents is 2. The number of hydrogen-bond donors (Lipinski definition) is 3. The SMILES string of the molecule is BrCC1CCCCO1.COc1ccc(-n2c(-c3cc(C(C)C)c(C)cc3C)n[nH]c2=S)cc1.COc1ccc(-n2c(-c3cc(C(C)C)c(C)cc3C)nnc2S(=O)(=O)CC2CCCCO2)cc1.COc1ccc(-n2c(-c3cc(C(C)C)c(O)cc3O)nnc2S(=O)(=O)CC2CCCCO2)cc1.COc1ccc(-n2c(SCC3CCCCO3)nnc2-c2cc(C(C)C)c(C)cc2C)cc1. The number of H-pyrrole nitrogens is 1. The lowest BCUT2D eigenvalue weighted by Crippen LogP contribution is -2.29. The van der Waals surface area contributed by atoms with Crippen LogP contribution in [0, 0.1) is 46.3 Å². The van der Waals surface area contributed by atoms with Crippen LogP contribution in [0.25, 0.3) is 68.3 Å². The molecule has 4 atom stereocenters. The Morgan fingerprint density at radius 2 is 0.722 bits per heavy atom. The molecular formula is C102H129BrN12O14S4. The van der Waals surface area contributed by atoms with Gasteiger partial charge in [0.15, 0.2) is 33.2 Å². The average molecular weight is 1960 g/mol. The molecule has 8 heterocycles. The van der Waals surface area contributed by atoms with E-state index in [1.807, 2.05) is 73.9 Å². The number of aromatic nitrogens is 12. The lowest BCUT2D eigenvalue weighted by Gasteiger charge is -2.22. The number of aromatic hydroxyl groups is 2. The summed E-state index contributed by atoms with van der Waals surface area (Å²) in [5, 5.41) is 56.1. The van der Waals surface area contributed by atoms with Crippen molar-refractivity contribution in [2.24, 2.45) is 0 Å². The van der Waals surface area contributed by atoms with Crippen molar-refractivity contribution in [1.82, 2.24) is 59.1 Å². The van der Waals surface area contributed by atoms with Gasteiger partial charge in [0.2, 0.25) is 19.7 Å².